The van der Waals surface area contributed by atoms with Gasteiger partial charge in [0.25, 0.3) is 5.69 Å². The Balaban J connectivity index is 1.50. The predicted octanol–water partition coefficient (Wildman–Crippen LogP) is 3.66. The number of hydrogen-bond donors (Lipinski definition) is 0. The van der Waals surface area contributed by atoms with Gasteiger partial charge in [-0.2, -0.15) is 0 Å². The van der Waals surface area contributed by atoms with E-state index in [-0.39, 0.29) is 43.0 Å². The summed E-state index contributed by atoms with van der Waals surface area (Å²) in [5, 5.41) is 10.8. The van der Waals surface area contributed by atoms with Crippen LogP contribution in [0.4, 0.5) is 5.69 Å². The molecule has 162 valence electrons. The van der Waals surface area contributed by atoms with Crippen LogP contribution < -0.4 is 5.76 Å². The van der Waals surface area contributed by atoms with Gasteiger partial charge in [0.2, 0.25) is 0 Å². The van der Waals surface area contributed by atoms with E-state index >= 15 is 0 Å². The number of carbonyl (C=O) groups is 2. The minimum absolute atomic E-state index is 0.00874. The number of esters is 1. The molecule has 0 aliphatic heterocycles. The first kappa shape index (κ1) is 21.9. The molecule has 9 heteroatoms. The highest BCUT2D eigenvalue weighted by atomic mass is 16.6. The first-order valence-corrected chi connectivity index (χ1v) is 9.94. The topological polar surface area (TPSA) is 122 Å². The largest absolute Gasteiger partial charge is 0.457 e. The quantitative estimate of drug-likeness (QED) is 0.210. The van der Waals surface area contributed by atoms with Gasteiger partial charge >= 0.3 is 11.7 Å². The van der Waals surface area contributed by atoms with Gasteiger partial charge in [-0.25, -0.2) is 4.79 Å². The minimum Gasteiger partial charge on any atom is -0.457 e. The van der Waals surface area contributed by atoms with Gasteiger partial charge < -0.3 is 9.15 Å². The van der Waals surface area contributed by atoms with Gasteiger partial charge in [-0.1, -0.05) is 37.6 Å². The van der Waals surface area contributed by atoms with Crippen molar-refractivity contribution in [3.05, 3.63) is 74.3 Å². The van der Waals surface area contributed by atoms with Gasteiger partial charge in [-0.15, -0.1) is 0 Å². The van der Waals surface area contributed by atoms with E-state index in [0.29, 0.717) is 11.1 Å². The molecule has 0 spiro atoms. The Hall–Kier alpha value is -3.75. The molecule has 0 radical (unpaired) electrons. The molecule has 31 heavy (non-hydrogen) atoms. The Bertz CT molecular complexity index is 1160. The van der Waals surface area contributed by atoms with E-state index in [1.807, 2.05) is 12.1 Å². The maximum absolute atomic E-state index is 12.2. The molecule has 0 saturated carbocycles. The number of rotatable bonds is 10. The monoisotopic (exact) mass is 426 g/mol. The van der Waals surface area contributed by atoms with Crippen molar-refractivity contribution >= 4 is 28.5 Å². The number of carbonyl (C=O) groups excluding carboxylic acids is 2. The summed E-state index contributed by atoms with van der Waals surface area (Å²) in [5.41, 5.74) is 1.97. The summed E-state index contributed by atoms with van der Waals surface area (Å²) in [5.74, 6) is -1.49. The highest BCUT2D eigenvalue weighted by Crippen LogP contribution is 2.20. The fourth-order valence-corrected chi connectivity index (χ4v) is 3.21. The number of aryl methyl sites for hydroxylation is 2. The van der Waals surface area contributed by atoms with E-state index in [1.165, 1.54) is 22.8 Å². The molecule has 2 aromatic carbocycles. The van der Waals surface area contributed by atoms with E-state index in [2.05, 4.69) is 6.92 Å². The van der Waals surface area contributed by atoms with Crippen LogP contribution in [-0.2, 0) is 22.5 Å². The summed E-state index contributed by atoms with van der Waals surface area (Å²) < 4.78 is 11.4. The first-order valence-electron chi connectivity index (χ1n) is 9.94. The van der Waals surface area contributed by atoms with Crippen molar-refractivity contribution in [3.8, 4) is 0 Å². The lowest BCUT2D eigenvalue weighted by Crippen LogP contribution is -2.17. The Labute approximate surface area is 177 Å². The number of nitrogens with zero attached hydrogens (tertiary/aromatic N) is 2. The average molecular weight is 426 g/mol. The number of aromatic nitrogens is 1. The van der Waals surface area contributed by atoms with Crippen molar-refractivity contribution in [2.45, 2.75) is 39.2 Å². The van der Waals surface area contributed by atoms with Gasteiger partial charge in [0.15, 0.2) is 18.0 Å². The van der Waals surface area contributed by atoms with Crippen LogP contribution in [0.2, 0.25) is 0 Å². The lowest BCUT2D eigenvalue weighted by atomic mass is 10.1. The smallest absolute Gasteiger partial charge is 0.419 e. The SMILES string of the molecule is CCCc1ccc(C(=O)COC(=O)CCCn2c(=O)oc3cc([N+](=O)[O-])ccc32)cc1. The maximum atomic E-state index is 12.2. The van der Waals surface area contributed by atoms with E-state index in [0.717, 1.165) is 18.4 Å². The molecule has 1 heterocycles. The number of nitro groups is 1. The Morgan fingerprint density at radius 2 is 1.90 bits per heavy atom. The second kappa shape index (κ2) is 9.84. The third-order valence-electron chi connectivity index (χ3n) is 4.80. The van der Waals surface area contributed by atoms with Crippen LogP contribution in [0.25, 0.3) is 11.1 Å². The molecular formula is C22H22N2O7. The third kappa shape index (κ3) is 5.44. The van der Waals surface area contributed by atoms with Crippen molar-refractivity contribution in [1.29, 1.82) is 0 Å². The molecule has 0 N–H and O–H groups in total. The zero-order valence-electron chi connectivity index (χ0n) is 17.0. The van der Waals surface area contributed by atoms with Crippen LogP contribution in [0, 0.1) is 10.1 Å². The fraction of sp³-hybridized carbons (Fsp3) is 0.318. The second-order valence-electron chi connectivity index (χ2n) is 7.06. The van der Waals surface area contributed by atoms with E-state index in [9.17, 15) is 24.5 Å². The molecule has 0 unspecified atom stereocenters. The number of ether oxygens (including phenoxy) is 1. The summed E-state index contributed by atoms with van der Waals surface area (Å²) >= 11 is 0. The number of hydrogen-bond acceptors (Lipinski definition) is 7. The summed E-state index contributed by atoms with van der Waals surface area (Å²) in [4.78, 5) is 46.4. The lowest BCUT2D eigenvalue weighted by molar-refractivity contribution is -0.384. The molecule has 3 aromatic rings. The maximum Gasteiger partial charge on any atom is 0.419 e. The molecule has 0 bridgehead atoms. The Morgan fingerprint density at radius 1 is 1.16 bits per heavy atom. The van der Waals surface area contributed by atoms with Crippen LogP contribution in [0.15, 0.2) is 51.7 Å². The molecule has 0 amide bonds. The molecular weight excluding hydrogens is 404 g/mol. The van der Waals surface area contributed by atoms with Crippen LogP contribution in [0.1, 0.15) is 42.1 Å². The third-order valence-corrected chi connectivity index (χ3v) is 4.80. The van der Waals surface area contributed by atoms with E-state index in [1.54, 1.807) is 12.1 Å². The molecule has 0 atom stereocenters. The number of fused-ring (bicyclic) bond motifs is 1. The zero-order valence-corrected chi connectivity index (χ0v) is 17.0. The highest BCUT2D eigenvalue weighted by molar-refractivity contribution is 5.97. The van der Waals surface area contributed by atoms with E-state index < -0.39 is 16.6 Å². The van der Waals surface area contributed by atoms with Crippen LogP contribution >= 0.6 is 0 Å². The number of nitro benzene ring substituents is 1. The molecule has 0 fully saturated rings. The minimum atomic E-state index is -0.662. The number of oxazole rings is 1. The predicted molar refractivity (Wildman–Crippen MR) is 112 cm³/mol. The molecule has 3 rings (SSSR count). The number of Topliss-reactive ketones (excluding diaryl/α,β-unsaturated/α-hetero) is 1. The van der Waals surface area contributed by atoms with Crippen molar-refractivity contribution in [1.82, 2.24) is 4.57 Å². The summed E-state index contributed by atoms with van der Waals surface area (Å²) in [6.45, 7) is 1.91. The normalized spacial score (nSPS) is 10.9. The first-order chi connectivity index (χ1) is 14.9. The Kier molecular flexibility index (Phi) is 6.96. The molecule has 0 aliphatic carbocycles. The fourth-order valence-electron chi connectivity index (χ4n) is 3.21. The van der Waals surface area contributed by atoms with E-state index in [4.69, 9.17) is 9.15 Å². The van der Waals surface area contributed by atoms with Gasteiger partial charge in [-0.05, 0) is 24.5 Å². The summed E-state index contributed by atoms with van der Waals surface area (Å²) in [7, 11) is 0. The van der Waals surface area contributed by atoms with Crippen LogP contribution in [-0.4, -0.2) is 27.8 Å². The number of benzene rings is 2. The zero-order chi connectivity index (χ0) is 22.4. The number of non-ortho nitro benzene ring substituents is 1. The van der Waals surface area contributed by atoms with Gasteiger partial charge in [0.1, 0.15) is 0 Å². The molecule has 0 saturated heterocycles. The Morgan fingerprint density at radius 3 is 2.58 bits per heavy atom. The highest BCUT2D eigenvalue weighted by Gasteiger charge is 2.15. The lowest BCUT2D eigenvalue weighted by Gasteiger charge is -2.06. The second-order valence-corrected chi connectivity index (χ2v) is 7.06. The molecule has 0 aliphatic rings. The van der Waals surface area contributed by atoms with Crippen molar-refractivity contribution in [3.63, 3.8) is 0 Å². The van der Waals surface area contributed by atoms with Gasteiger partial charge in [-0.3, -0.25) is 24.3 Å². The van der Waals surface area contributed by atoms with Gasteiger partial charge in [0, 0.05) is 24.6 Å². The van der Waals surface area contributed by atoms with Crippen molar-refractivity contribution in [2.24, 2.45) is 0 Å². The average Bonchev–Trinajstić information content (AvgIpc) is 3.07. The van der Waals surface area contributed by atoms with Crippen LogP contribution in [0.3, 0.4) is 0 Å². The molecule has 1 aromatic heterocycles. The van der Waals surface area contributed by atoms with Gasteiger partial charge in [0.05, 0.1) is 16.5 Å². The van der Waals surface area contributed by atoms with Crippen LogP contribution in [0.5, 0.6) is 0 Å². The van der Waals surface area contributed by atoms with Crippen molar-refractivity contribution in [2.75, 3.05) is 6.61 Å². The summed E-state index contributed by atoms with van der Waals surface area (Å²) in [6, 6.07) is 11.1. The number of ketones is 1. The molecule has 9 nitrogen and oxygen atoms in total. The van der Waals surface area contributed by atoms with Crippen molar-refractivity contribution < 1.29 is 23.7 Å². The summed E-state index contributed by atoms with van der Waals surface area (Å²) in [6.07, 6.45) is 2.25. The standard InChI is InChI=1S/C22H22N2O7/c1-2-4-15-6-8-16(9-7-15)19(25)14-30-21(26)5-3-12-23-18-11-10-17(24(28)29)13-20(18)31-22(23)27/h6-11,13H,2-5,12,14H2,1H3.